The molecule has 10 heteroatoms. The minimum Gasteiger partial charge on any atom is -0.497 e. The van der Waals surface area contributed by atoms with Crippen LogP contribution in [0.25, 0.3) is 0 Å². The van der Waals surface area contributed by atoms with Crippen molar-refractivity contribution in [1.29, 1.82) is 0 Å². The number of hydrogen-bond acceptors (Lipinski definition) is 7. The predicted molar refractivity (Wildman–Crippen MR) is 114 cm³/mol. The zero-order chi connectivity index (χ0) is 23.3. The zero-order valence-corrected chi connectivity index (χ0v) is 17.9. The number of esters is 1. The Labute approximate surface area is 184 Å². The molecule has 0 fully saturated rings. The lowest BCUT2D eigenvalue weighted by atomic mass is 9.94. The minimum atomic E-state index is -0.938. The summed E-state index contributed by atoms with van der Waals surface area (Å²) in [7, 11) is 3.06. The fourth-order valence-corrected chi connectivity index (χ4v) is 3.27. The summed E-state index contributed by atoms with van der Waals surface area (Å²) in [4.78, 5) is 37.5. The molecule has 0 aliphatic carbocycles. The standard InChI is InChI=1S/C22H23N3O7/c1-4-31-21(26)19-18(13-32-17-10-8-16(30-3)9-11-17)24(2)22(27)23-20(19)14-6-5-7-15(12-14)25(28)29/h5-12,20H,4,13H2,1-3H3,(H,23,27)/t20-/m0/s1. The third kappa shape index (κ3) is 4.80. The summed E-state index contributed by atoms with van der Waals surface area (Å²) in [5.74, 6) is 0.514. The van der Waals surface area contributed by atoms with E-state index in [4.69, 9.17) is 14.2 Å². The summed E-state index contributed by atoms with van der Waals surface area (Å²) in [6.45, 7) is 1.68. The van der Waals surface area contributed by atoms with E-state index in [9.17, 15) is 19.7 Å². The molecule has 0 unspecified atom stereocenters. The maximum atomic E-state index is 12.9. The van der Waals surface area contributed by atoms with Gasteiger partial charge in [0.2, 0.25) is 0 Å². The quantitative estimate of drug-likeness (QED) is 0.379. The third-order valence-corrected chi connectivity index (χ3v) is 4.92. The van der Waals surface area contributed by atoms with E-state index in [1.807, 2.05) is 0 Å². The van der Waals surface area contributed by atoms with E-state index in [1.165, 1.54) is 30.1 Å². The maximum Gasteiger partial charge on any atom is 0.338 e. The number of non-ortho nitro benzene ring substituents is 1. The summed E-state index contributed by atoms with van der Waals surface area (Å²) < 4.78 is 16.2. The van der Waals surface area contributed by atoms with Crippen molar-refractivity contribution in [2.45, 2.75) is 13.0 Å². The highest BCUT2D eigenvalue weighted by molar-refractivity contribution is 5.95. The monoisotopic (exact) mass is 441 g/mol. The number of methoxy groups -OCH3 is 1. The number of urea groups is 1. The average molecular weight is 441 g/mol. The Morgan fingerprint density at radius 1 is 1.19 bits per heavy atom. The number of nitro benzene ring substituents is 1. The Hall–Kier alpha value is -4.08. The number of carbonyl (C=O) groups excluding carboxylic acids is 2. The van der Waals surface area contributed by atoms with Crippen molar-refractivity contribution in [3.05, 3.63) is 75.5 Å². The molecule has 1 aliphatic heterocycles. The summed E-state index contributed by atoms with van der Waals surface area (Å²) >= 11 is 0. The predicted octanol–water partition coefficient (Wildman–Crippen LogP) is 3.20. The van der Waals surface area contributed by atoms with Crippen LogP contribution in [0.4, 0.5) is 10.5 Å². The number of ether oxygens (including phenoxy) is 3. The van der Waals surface area contributed by atoms with Gasteiger partial charge in [-0.25, -0.2) is 9.59 Å². The van der Waals surface area contributed by atoms with E-state index >= 15 is 0 Å². The molecule has 1 heterocycles. The highest BCUT2D eigenvalue weighted by Crippen LogP contribution is 2.33. The Morgan fingerprint density at radius 2 is 1.88 bits per heavy atom. The number of amides is 2. The molecule has 1 aliphatic rings. The van der Waals surface area contributed by atoms with E-state index in [-0.39, 0.29) is 24.5 Å². The molecule has 2 aromatic carbocycles. The van der Waals surface area contributed by atoms with Crippen LogP contribution in [0.1, 0.15) is 18.5 Å². The molecule has 2 amide bonds. The van der Waals surface area contributed by atoms with Crippen molar-refractivity contribution in [3.8, 4) is 11.5 Å². The molecule has 168 valence electrons. The Kier molecular flexibility index (Phi) is 6.93. The number of benzene rings is 2. The number of nitrogens with zero attached hydrogens (tertiary/aromatic N) is 2. The minimum absolute atomic E-state index is 0.101. The van der Waals surface area contributed by atoms with Crippen LogP contribution in [0, 0.1) is 10.1 Å². The number of carbonyl (C=O) groups is 2. The van der Waals surface area contributed by atoms with Crippen LogP contribution in [0.2, 0.25) is 0 Å². The number of rotatable bonds is 8. The van der Waals surface area contributed by atoms with Gasteiger partial charge in [-0.3, -0.25) is 15.0 Å². The lowest BCUT2D eigenvalue weighted by Gasteiger charge is -2.34. The van der Waals surface area contributed by atoms with Gasteiger partial charge in [-0.05, 0) is 36.8 Å². The highest BCUT2D eigenvalue weighted by atomic mass is 16.6. The summed E-state index contributed by atoms with van der Waals surface area (Å²) in [6.07, 6.45) is 0. The molecule has 0 spiro atoms. The van der Waals surface area contributed by atoms with E-state index in [0.29, 0.717) is 22.8 Å². The van der Waals surface area contributed by atoms with Crippen molar-refractivity contribution in [3.63, 3.8) is 0 Å². The molecule has 0 saturated carbocycles. The molecule has 1 N–H and O–H groups in total. The molecule has 32 heavy (non-hydrogen) atoms. The summed E-state index contributed by atoms with van der Waals surface area (Å²) in [6, 6.07) is 11.2. The third-order valence-electron chi connectivity index (χ3n) is 4.92. The Balaban J connectivity index is 2.02. The second kappa shape index (κ2) is 9.82. The number of likely N-dealkylation sites (N-methyl/N-ethyl adjacent to an activating group) is 1. The number of hydrogen-bond donors (Lipinski definition) is 1. The lowest BCUT2D eigenvalue weighted by molar-refractivity contribution is -0.384. The van der Waals surface area contributed by atoms with Crippen LogP contribution < -0.4 is 14.8 Å². The van der Waals surface area contributed by atoms with Crippen LogP contribution in [0.5, 0.6) is 11.5 Å². The van der Waals surface area contributed by atoms with Gasteiger partial charge in [0.1, 0.15) is 18.1 Å². The van der Waals surface area contributed by atoms with Crippen LogP contribution in [0.3, 0.4) is 0 Å². The van der Waals surface area contributed by atoms with E-state index < -0.39 is 23.0 Å². The second-order valence-corrected chi connectivity index (χ2v) is 6.84. The lowest BCUT2D eigenvalue weighted by Crippen LogP contribution is -2.48. The SMILES string of the molecule is CCOC(=O)C1=C(COc2ccc(OC)cc2)N(C)C(=O)N[C@H]1c1cccc([N+](=O)[O-])c1. The van der Waals surface area contributed by atoms with Gasteiger partial charge in [0, 0.05) is 19.2 Å². The second-order valence-electron chi connectivity index (χ2n) is 6.84. The van der Waals surface area contributed by atoms with Crippen molar-refractivity contribution in [1.82, 2.24) is 10.2 Å². The summed E-state index contributed by atoms with van der Waals surface area (Å²) in [5.41, 5.74) is 0.656. The fourth-order valence-electron chi connectivity index (χ4n) is 3.27. The van der Waals surface area contributed by atoms with Crippen molar-refractivity contribution >= 4 is 17.7 Å². The van der Waals surface area contributed by atoms with Gasteiger partial charge in [-0.15, -0.1) is 0 Å². The normalized spacial score (nSPS) is 15.8. The van der Waals surface area contributed by atoms with Gasteiger partial charge >= 0.3 is 12.0 Å². The van der Waals surface area contributed by atoms with Gasteiger partial charge in [-0.1, -0.05) is 12.1 Å². The summed E-state index contributed by atoms with van der Waals surface area (Å²) in [5, 5.41) is 13.9. The first-order chi connectivity index (χ1) is 15.3. The average Bonchev–Trinajstić information content (AvgIpc) is 2.80. The molecule has 0 radical (unpaired) electrons. The van der Waals surface area contributed by atoms with E-state index in [0.717, 1.165) is 0 Å². The molecule has 1 atom stereocenters. The van der Waals surface area contributed by atoms with Gasteiger partial charge in [-0.2, -0.15) is 0 Å². The molecular formula is C22H23N3O7. The van der Waals surface area contributed by atoms with Crippen LogP contribution >= 0.6 is 0 Å². The Bertz CT molecular complexity index is 1050. The van der Waals surface area contributed by atoms with Crippen molar-refractivity contribution in [2.24, 2.45) is 0 Å². The van der Waals surface area contributed by atoms with E-state index in [1.54, 1.807) is 44.4 Å². The molecule has 0 saturated heterocycles. The Morgan fingerprint density at radius 3 is 2.50 bits per heavy atom. The molecule has 3 rings (SSSR count). The van der Waals surface area contributed by atoms with Crippen molar-refractivity contribution < 1.29 is 28.7 Å². The maximum absolute atomic E-state index is 12.9. The number of nitro groups is 1. The van der Waals surface area contributed by atoms with Crippen LogP contribution in [-0.2, 0) is 9.53 Å². The first-order valence-electron chi connectivity index (χ1n) is 9.81. The van der Waals surface area contributed by atoms with Gasteiger partial charge in [0.15, 0.2) is 0 Å². The van der Waals surface area contributed by atoms with Crippen LogP contribution in [-0.4, -0.2) is 49.2 Å². The largest absolute Gasteiger partial charge is 0.497 e. The van der Waals surface area contributed by atoms with Crippen molar-refractivity contribution in [2.75, 3.05) is 27.4 Å². The molecule has 10 nitrogen and oxygen atoms in total. The molecular weight excluding hydrogens is 418 g/mol. The van der Waals surface area contributed by atoms with Gasteiger partial charge < -0.3 is 19.5 Å². The van der Waals surface area contributed by atoms with Gasteiger partial charge in [0.05, 0.1) is 36.0 Å². The molecule has 0 aromatic heterocycles. The zero-order valence-electron chi connectivity index (χ0n) is 17.9. The fraction of sp³-hybridized carbons (Fsp3) is 0.273. The number of nitrogens with one attached hydrogen (secondary N) is 1. The molecule has 0 bridgehead atoms. The van der Waals surface area contributed by atoms with Crippen LogP contribution in [0.15, 0.2) is 59.8 Å². The van der Waals surface area contributed by atoms with E-state index in [2.05, 4.69) is 5.32 Å². The first-order valence-corrected chi connectivity index (χ1v) is 9.81. The molecule has 2 aromatic rings. The van der Waals surface area contributed by atoms with Gasteiger partial charge in [0.25, 0.3) is 5.69 Å². The first kappa shape index (κ1) is 22.6. The smallest absolute Gasteiger partial charge is 0.338 e. The highest BCUT2D eigenvalue weighted by Gasteiger charge is 2.37. The topological polar surface area (TPSA) is 120 Å².